The van der Waals surface area contributed by atoms with Crippen molar-refractivity contribution in [3.63, 3.8) is 0 Å². The Kier molecular flexibility index (Phi) is 3.69. The van der Waals surface area contributed by atoms with E-state index in [4.69, 9.17) is 11.6 Å². The van der Waals surface area contributed by atoms with E-state index in [2.05, 4.69) is 4.90 Å². The molecule has 2 atom stereocenters. The average Bonchev–Trinajstić information content (AvgIpc) is 2.78. The number of anilines is 1. The number of benzene rings is 1. The zero-order valence-corrected chi connectivity index (χ0v) is 10.5. The first kappa shape index (κ1) is 12.4. The summed E-state index contributed by atoms with van der Waals surface area (Å²) in [4.78, 5) is 12.8. The minimum atomic E-state index is -0.284. The number of nitrogens with zero attached hydrogens (tertiary/aromatic N) is 1. The summed E-state index contributed by atoms with van der Waals surface area (Å²) in [5.74, 6) is 0.303. The molecule has 2 unspecified atom stereocenters. The van der Waals surface area contributed by atoms with Gasteiger partial charge in [-0.15, -0.1) is 0 Å². The summed E-state index contributed by atoms with van der Waals surface area (Å²) < 4.78 is 0. The van der Waals surface area contributed by atoms with Gasteiger partial charge in [-0.05, 0) is 31.5 Å². The van der Waals surface area contributed by atoms with Gasteiger partial charge in [0.05, 0.1) is 16.8 Å². The smallest absolute Gasteiger partial charge is 0.150 e. The second kappa shape index (κ2) is 5.07. The van der Waals surface area contributed by atoms with Gasteiger partial charge < -0.3 is 10.0 Å². The third-order valence-corrected chi connectivity index (χ3v) is 3.66. The quantitative estimate of drug-likeness (QED) is 0.841. The fourth-order valence-electron chi connectivity index (χ4n) is 2.25. The standard InChI is InChI=1S/C13H16ClNO2/c1-9(17)11-4-5-15(7-11)13-3-2-10(8-16)6-12(13)14/h2-3,6,8-9,11,17H,4-5,7H2,1H3. The van der Waals surface area contributed by atoms with Crippen LogP contribution in [0.15, 0.2) is 18.2 Å². The number of carbonyl (C=O) groups excluding carboxylic acids is 1. The normalized spacial score (nSPS) is 21.6. The lowest BCUT2D eigenvalue weighted by Crippen LogP contribution is -2.24. The number of halogens is 1. The summed E-state index contributed by atoms with van der Waals surface area (Å²) in [7, 11) is 0. The fourth-order valence-corrected chi connectivity index (χ4v) is 2.56. The second-order valence-corrected chi connectivity index (χ2v) is 4.97. The topological polar surface area (TPSA) is 40.5 Å². The molecule has 1 fully saturated rings. The Morgan fingerprint density at radius 1 is 1.59 bits per heavy atom. The van der Waals surface area contributed by atoms with Crippen molar-refractivity contribution in [3.8, 4) is 0 Å². The van der Waals surface area contributed by atoms with Gasteiger partial charge in [0.25, 0.3) is 0 Å². The van der Waals surface area contributed by atoms with E-state index in [0.29, 0.717) is 16.5 Å². The number of carbonyl (C=O) groups is 1. The van der Waals surface area contributed by atoms with Gasteiger partial charge in [-0.1, -0.05) is 11.6 Å². The highest BCUT2D eigenvalue weighted by Crippen LogP contribution is 2.31. The van der Waals surface area contributed by atoms with Gasteiger partial charge in [-0.3, -0.25) is 4.79 Å². The first-order valence-electron chi connectivity index (χ1n) is 5.79. The lowest BCUT2D eigenvalue weighted by atomic mass is 10.0. The predicted octanol–water partition coefficient (Wildman–Crippen LogP) is 2.36. The van der Waals surface area contributed by atoms with Gasteiger partial charge >= 0.3 is 0 Å². The SMILES string of the molecule is CC(O)C1CCN(c2ccc(C=O)cc2Cl)C1. The maximum absolute atomic E-state index is 10.6. The zero-order chi connectivity index (χ0) is 12.4. The molecule has 1 heterocycles. The zero-order valence-electron chi connectivity index (χ0n) is 9.77. The van der Waals surface area contributed by atoms with Crippen molar-refractivity contribution in [1.82, 2.24) is 0 Å². The first-order chi connectivity index (χ1) is 8.11. The van der Waals surface area contributed by atoms with Crippen LogP contribution in [0.1, 0.15) is 23.7 Å². The average molecular weight is 254 g/mol. The summed E-state index contributed by atoms with van der Waals surface area (Å²) in [6.45, 7) is 3.54. The lowest BCUT2D eigenvalue weighted by molar-refractivity contribution is 0.112. The molecule has 3 nitrogen and oxygen atoms in total. The van der Waals surface area contributed by atoms with Crippen LogP contribution in [-0.2, 0) is 0 Å². The van der Waals surface area contributed by atoms with Crippen molar-refractivity contribution in [2.45, 2.75) is 19.4 Å². The predicted molar refractivity (Wildman–Crippen MR) is 68.8 cm³/mol. The van der Waals surface area contributed by atoms with Gasteiger partial charge in [0.1, 0.15) is 6.29 Å². The fraction of sp³-hybridized carbons (Fsp3) is 0.462. The van der Waals surface area contributed by atoms with Crippen LogP contribution < -0.4 is 4.90 Å². The number of aliphatic hydroxyl groups excluding tert-OH is 1. The van der Waals surface area contributed by atoms with Crippen LogP contribution in [0.5, 0.6) is 0 Å². The van der Waals surface area contributed by atoms with Crippen LogP contribution in [0, 0.1) is 5.92 Å². The Morgan fingerprint density at radius 3 is 2.88 bits per heavy atom. The van der Waals surface area contributed by atoms with Crippen LogP contribution in [0.2, 0.25) is 5.02 Å². The summed E-state index contributed by atoms with van der Waals surface area (Å²) in [6, 6.07) is 5.32. The van der Waals surface area contributed by atoms with E-state index < -0.39 is 0 Å². The molecule has 2 rings (SSSR count). The Hall–Kier alpha value is -1.06. The largest absolute Gasteiger partial charge is 0.393 e. The molecular weight excluding hydrogens is 238 g/mol. The highest BCUT2D eigenvalue weighted by atomic mass is 35.5. The monoisotopic (exact) mass is 253 g/mol. The number of aldehydes is 1. The molecule has 1 aliphatic rings. The molecule has 0 aliphatic carbocycles. The Labute approximate surface area is 106 Å². The van der Waals surface area contributed by atoms with E-state index in [-0.39, 0.29) is 6.10 Å². The van der Waals surface area contributed by atoms with Crippen LogP contribution in [0.25, 0.3) is 0 Å². The molecule has 17 heavy (non-hydrogen) atoms. The minimum Gasteiger partial charge on any atom is -0.393 e. The molecule has 1 aliphatic heterocycles. The van der Waals surface area contributed by atoms with Crippen LogP contribution >= 0.6 is 11.6 Å². The molecule has 0 radical (unpaired) electrons. The van der Waals surface area contributed by atoms with E-state index in [0.717, 1.165) is 31.5 Å². The van der Waals surface area contributed by atoms with Crippen LogP contribution in [0.3, 0.4) is 0 Å². The molecule has 0 saturated carbocycles. The Bertz CT molecular complexity index is 420. The number of hydrogen-bond donors (Lipinski definition) is 1. The van der Waals surface area contributed by atoms with Crippen molar-refractivity contribution in [3.05, 3.63) is 28.8 Å². The number of aliphatic hydroxyl groups is 1. The molecule has 4 heteroatoms. The molecule has 0 aromatic heterocycles. The summed E-state index contributed by atoms with van der Waals surface area (Å²) in [5, 5.41) is 10.2. The molecule has 1 saturated heterocycles. The van der Waals surface area contributed by atoms with Crippen molar-refractivity contribution in [1.29, 1.82) is 0 Å². The highest BCUT2D eigenvalue weighted by Gasteiger charge is 2.27. The van der Waals surface area contributed by atoms with Gasteiger partial charge in [0, 0.05) is 24.6 Å². The van der Waals surface area contributed by atoms with Crippen molar-refractivity contribution in [2.24, 2.45) is 5.92 Å². The molecule has 1 N–H and O–H groups in total. The second-order valence-electron chi connectivity index (χ2n) is 4.56. The Balaban J connectivity index is 2.16. The summed E-state index contributed by atoms with van der Waals surface area (Å²) in [6.07, 6.45) is 1.48. The summed E-state index contributed by atoms with van der Waals surface area (Å²) >= 11 is 6.15. The first-order valence-corrected chi connectivity index (χ1v) is 6.17. The van der Waals surface area contributed by atoms with E-state index in [1.807, 2.05) is 13.0 Å². The highest BCUT2D eigenvalue weighted by molar-refractivity contribution is 6.33. The molecule has 1 aromatic rings. The Morgan fingerprint density at radius 2 is 2.35 bits per heavy atom. The lowest BCUT2D eigenvalue weighted by Gasteiger charge is -2.21. The molecular formula is C13H16ClNO2. The van der Waals surface area contributed by atoms with E-state index in [1.54, 1.807) is 12.1 Å². The molecule has 1 aromatic carbocycles. The van der Waals surface area contributed by atoms with Gasteiger partial charge in [0.15, 0.2) is 0 Å². The van der Waals surface area contributed by atoms with E-state index in [1.165, 1.54) is 0 Å². The van der Waals surface area contributed by atoms with Gasteiger partial charge in [-0.2, -0.15) is 0 Å². The molecule has 92 valence electrons. The van der Waals surface area contributed by atoms with Crippen LogP contribution in [0.4, 0.5) is 5.69 Å². The van der Waals surface area contributed by atoms with Crippen molar-refractivity contribution >= 4 is 23.6 Å². The van der Waals surface area contributed by atoms with Crippen LogP contribution in [-0.4, -0.2) is 30.6 Å². The van der Waals surface area contributed by atoms with Gasteiger partial charge in [0.2, 0.25) is 0 Å². The number of rotatable bonds is 3. The maximum Gasteiger partial charge on any atom is 0.150 e. The van der Waals surface area contributed by atoms with E-state index >= 15 is 0 Å². The molecule has 0 bridgehead atoms. The number of hydrogen-bond acceptors (Lipinski definition) is 3. The third-order valence-electron chi connectivity index (χ3n) is 3.36. The van der Waals surface area contributed by atoms with Gasteiger partial charge in [-0.25, -0.2) is 0 Å². The molecule has 0 amide bonds. The van der Waals surface area contributed by atoms with Crippen molar-refractivity contribution < 1.29 is 9.90 Å². The molecule has 0 spiro atoms. The third kappa shape index (κ3) is 2.61. The van der Waals surface area contributed by atoms with Crippen molar-refractivity contribution in [2.75, 3.05) is 18.0 Å². The summed E-state index contributed by atoms with van der Waals surface area (Å²) in [5.41, 5.74) is 1.53. The maximum atomic E-state index is 10.6. The van der Waals surface area contributed by atoms with E-state index in [9.17, 15) is 9.90 Å². The minimum absolute atomic E-state index is 0.284.